The standard InChI is InChI=1S/C16H23N3O2S/c1-3-4-5-6-7-8-14(20)19(2)11-13-17-12-9-10-22-15(12)16(21)18-13/h9-10H,3-8,11H2,1-2H3,(H,17,18,21). The molecule has 0 aliphatic rings. The average Bonchev–Trinajstić information content (AvgIpc) is 2.95. The van der Waals surface area contributed by atoms with E-state index in [1.54, 1.807) is 11.9 Å². The summed E-state index contributed by atoms with van der Waals surface area (Å²) in [5.74, 6) is 0.641. The first kappa shape index (κ1) is 16.7. The zero-order valence-electron chi connectivity index (χ0n) is 13.2. The first-order valence-electron chi connectivity index (χ1n) is 7.82. The minimum atomic E-state index is -0.129. The molecule has 0 aromatic carbocycles. The maximum absolute atomic E-state index is 12.1. The lowest BCUT2D eigenvalue weighted by atomic mass is 10.1. The predicted molar refractivity (Wildman–Crippen MR) is 90.1 cm³/mol. The largest absolute Gasteiger partial charge is 0.338 e. The summed E-state index contributed by atoms with van der Waals surface area (Å²) < 4.78 is 0.633. The number of aromatic amines is 1. The molecule has 1 amide bonds. The van der Waals surface area contributed by atoms with Crippen LogP contribution < -0.4 is 5.56 Å². The van der Waals surface area contributed by atoms with Crippen LogP contribution in [-0.4, -0.2) is 27.8 Å². The minimum absolute atomic E-state index is 0.101. The number of rotatable bonds is 8. The number of carbonyl (C=O) groups is 1. The van der Waals surface area contributed by atoms with Crippen LogP contribution >= 0.6 is 11.3 Å². The fourth-order valence-electron chi connectivity index (χ4n) is 2.38. The van der Waals surface area contributed by atoms with Gasteiger partial charge in [0.25, 0.3) is 5.56 Å². The molecule has 0 spiro atoms. The number of nitrogens with one attached hydrogen (secondary N) is 1. The van der Waals surface area contributed by atoms with E-state index in [4.69, 9.17) is 0 Å². The van der Waals surface area contributed by atoms with Crippen molar-refractivity contribution < 1.29 is 4.79 Å². The lowest BCUT2D eigenvalue weighted by Gasteiger charge is -2.16. The Morgan fingerprint density at radius 1 is 1.32 bits per heavy atom. The molecule has 6 heteroatoms. The second-order valence-electron chi connectivity index (χ2n) is 5.56. The van der Waals surface area contributed by atoms with Crippen molar-refractivity contribution in [3.63, 3.8) is 0 Å². The molecular formula is C16H23N3O2S. The van der Waals surface area contributed by atoms with Crippen molar-refractivity contribution >= 4 is 27.5 Å². The number of nitrogens with zero attached hydrogens (tertiary/aromatic N) is 2. The maximum atomic E-state index is 12.1. The van der Waals surface area contributed by atoms with Crippen molar-refractivity contribution in [2.75, 3.05) is 7.05 Å². The lowest BCUT2D eigenvalue weighted by Crippen LogP contribution is -2.28. The number of hydrogen-bond acceptors (Lipinski definition) is 4. The smallest absolute Gasteiger partial charge is 0.268 e. The summed E-state index contributed by atoms with van der Waals surface area (Å²) in [6, 6.07) is 1.83. The third-order valence-electron chi connectivity index (χ3n) is 3.67. The molecule has 22 heavy (non-hydrogen) atoms. The molecule has 5 nitrogen and oxygen atoms in total. The van der Waals surface area contributed by atoms with Crippen molar-refractivity contribution in [3.05, 3.63) is 27.6 Å². The first-order chi connectivity index (χ1) is 10.6. The van der Waals surface area contributed by atoms with Crippen LogP contribution in [-0.2, 0) is 11.3 Å². The van der Waals surface area contributed by atoms with Gasteiger partial charge in [0.05, 0.1) is 12.1 Å². The summed E-state index contributed by atoms with van der Waals surface area (Å²) in [6.07, 6.45) is 6.22. The summed E-state index contributed by atoms with van der Waals surface area (Å²) >= 11 is 1.38. The van der Waals surface area contributed by atoms with E-state index in [0.717, 1.165) is 12.8 Å². The predicted octanol–water partition coefficient (Wildman–Crippen LogP) is 3.30. The van der Waals surface area contributed by atoms with Crippen LogP contribution in [0.15, 0.2) is 16.2 Å². The molecule has 2 heterocycles. The Morgan fingerprint density at radius 3 is 2.86 bits per heavy atom. The molecule has 2 rings (SSSR count). The van der Waals surface area contributed by atoms with Crippen molar-refractivity contribution in [2.24, 2.45) is 0 Å². The third kappa shape index (κ3) is 4.40. The molecule has 0 saturated carbocycles. The van der Waals surface area contributed by atoms with Gasteiger partial charge < -0.3 is 9.88 Å². The SMILES string of the molecule is CCCCCCCC(=O)N(C)Cc1nc2ccsc2c(=O)[nH]1. The molecule has 0 aliphatic carbocycles. The maximum Gasteiger partial charge on any atom is 0.268 e. The van der Waals surface area contributed by atoms with E-state index < -0.39 is 0 Å². The van der Waals surface area contributed by atoms with Crippen LogP contribution in [0.1, 0.15) is 51.3 Å². The Balaban J connectivity index is 1.88. The Morgan fingerprint density at radius 2 is 2.09 bits per heavy atom. The number of amides is 1. The summed E-state index contributed by atoms with van der Waals surface area (Å²) in [5.41, 5.74) is 0.569. The van der Waals surface area contributed by atoms with Gasteiger partial charge in [-0.2, -0.15) is 0 Å². The monoisotopic (exact) mass is 321 g/mol. The topological polar surface area (TPSA) is 66.1 Å². The highest BCUT2D eigenvalue weighted by molar-refractivity contribution is 7.17. The first-order valence-corrected chi connectivity index (χ1v) is 8.70. The highest BCUT2D eigenvalue weighted by Gasteiger charge is 2.12. The van der Waals surface area contributed by atoms with Gasteiger partial charge in [0, 0.05) is 13.5 Å². The zero-order valence-corrected chi connectivity index (χ0v) is 14.0. The lowest BCUT2D eigenvalue weighted by molar-refractivity contribution is -0.130. The van der Waals surface area contributed by atoms with E-state index in [1.165, 1.54) is 30.6 Å². The van der Waals surface area contributed by atoms with Crippen molar-refractivity contribution in [3.8, 4) is 0 Å². The van der Waals surface area contributed by atoms with Crippen LogP contribution in [0.5, 0.6) is 0 Å². The van der Waals surface area contributed by atoms with Gasteiger partial charge >= 0.3 is 0 Å². The van der Waals surface area contributed by atoms with Crippen LogP contribution in [0.25, 0.3) is 10.2 Å². The highest BCUT2D eigenvalue weighted by Crippen LogP contribution is 2.14. The van der Waals surface area contributed by atoms with Gasteiger partial charge in [-0.05, 0) is 17.9 Å². The van der Waals surface area contributed by atoms with E-state index in [1.807, 2.05) is 11.4 Å². The van der Waals surface area contributed by atoms with Gasteiger partial charge in [0.2, 0.25) is 5.91 Å². The van der Waals surface area contributed by atoms with Gasteiger partial charge in [0.1, 0.15) is 10.5 Å². The molecule has 0 bridgehead atoms. The fourth-order valence-corrected chi connectivity index (χ4v) is 3.11. The van der Waals surface area contributed by atoms with Crippen molar-refractivity contribution in [2.45, 2.75) is 52.0 Å². The number of unbranched alkanes of at least 4 members (excludes halogenated alkanes) is 4. The quantitative estimate of drug-likeness (QED) is 0.759. The summed E-state index contributed by atoms with van der Waals surface area (Å²) in [5, 5.41) is 1.85. The Bertz CT molecular complexity index is 677. The van der Waals surface area contributed by atoms with Gasteiger partial charge in [0.15, 0.2) is 0 Å². The molecule has 0 fully saturated rings. The Hall–Kier alpha value is -1.69. The number of thiophene rings is 1. The Kier molecular flexibility index (Phi) is 6.12. The second kappa shape index (κ2) is 8.08. The summed E-state index contributed by atoms with van der Waals surface area (Å²) in [6.45, 7) is 2.52. The molecule has 0 unspecified atom stereocenters. The molecule has 1 N–H and O–H groups in total. The highest BCUT2D eigenvalue weighted by atomic mass is 32.1. The van der Waals surface area contributed by atoms with Gasteiger partial charge in [-0.25, -0.2) is 4.98 Å². The molecule has 0 atom stereocenters. The molecule has 0 aliphatic heterocycles. The van der Waals surface area contributed by atoms with Gasteiger partial charge in [-0.15, -0.1) is 11.3 Å². The van der Waals surface area contributed by atoms with Crippen LogP contribution in [0, 0.1) is 0 Å². The molecule has 2 aromatic heterocycles. The number of carbonyl (C=O) groups excluding carboxylic acids is 1. The van der Waals surface area contributed by atoms with E-state index in [9.17, 15) is 9.59 Å². The third-order valence-corrected chi connectivity index (χ3v) is 4.57. The fraction of sp³-hybridized carbons (Fsp3) is 0.562. The van der Waals surface area contributed by atoms with Crippen LogP contribution in [0.2, 0.25) is 0 Å². The summed E-state index contributed by atoms with van der Waals surface area (Å²) in [7, 11) is 1.76. The number of fused-ring (bicyclic) bond motifs is 1. The molecular weight excluding hydrogens is 298 g/mol. The molecule has 0 radical (unpaired) electrons. The molecule has 0 saturated heterocycles. The van der Waals surface area contributed by atoms with Crippen molar-refractivity contribution in [1.29, 1.82) is 0 Å². The number of hydrogen-bond donors (Lipinski definition) is 1. The van der Waals surface area contributed by atoms with Crippen LogP contribution in [0.3, 0.4) is 0 Å². The van der Waals surface area contributed by atoms with E-state index in [0.29, 0.717) is 29.0 Å². The van der Waals surface area contributed by atoms with E-state index in [-0.39, 0.29) is 11.5 Å². The normalized spacial score (nSPS) is 11.0. The number of aromatic nitrogens is 2. The molecule has 2 aromatic rings. The molecule has 120 valence electrons. The van der Waals surface area contributed by atoms with Crippen LogP contribution in [0.4, 0.5) is 0 Å². The van der Waals surface area contributed by atoms with Gasteiger partial charge in [-0.1, -0.05) is 32.6 Å². The summed E-state index contributed by atoms with van der Waals surface area (Å²) in [4.78, 5) is 32.8. The zero-order chi connectivity index (χ0) is 15.9. The minimum Gasteiger partial charge on any atom is -0.338 e. The van der Waals surface area contributed by atoms with Gasteiger partial charge in [-0.3, -0.25) is 9.59 Å². The van der Waals surface area contributed by atoms with E-state index >= 15 is 0 Å². The van der Waals surface area contributed by atoms with E-state index in [2.05, 4.69) is 16.9 Å². The average molecular weight is 321 g/mol. The number of H-pyrrole nitrogens is 1. The second-order valence-corrected chi connectivity index (χ2v) is 6.48. The Labute approximate surface area is 134 Å². The van der Waals surface area contributed by atoms with Crippen molar-refractivity contribution in [1.82, 2.24) is 14.9 Å².